The zero-order valence-corrected chi connectivity index (χ0v) is 9.52. The lowest BCUT2D eigenvalue weighted by Crippen LogP contribution is -2.47. The summed E-state index contributed by atoms with van der Waals surface area (Å²) >= 11 is 0. The molecule has 0 aromatic carbocycles. The second-order valence-corrected chi connectivity index (χ2v) is 4.45. The van der Waals surface area contributed by atoms with Gasteiger partial charge in [0.15, 0.2) is 0 Å². The van der Waals surface area contributed by atoms with E-state index in [1.807, 2.05) is 0 Å². The van der Waals surface area contributed by atoms with E-state index in [0.717, 1.165) is 6.42 Å². The van der Waals surface area contributed by atoms with Gasteiger partial charge in [0.05, 0.1) is 11.1 Å². The van der Waals surface area contributed by atoms with E-state index in [0.29, 0.717) is 18.5 Å². The Morgan fingerprint density at radius 1 is 1.59 bits per heavy atom. The second-order valence-electron chi connectivity index (χ2n) is 4.45. The molecule has 1 aromatic rings. The lowest BCUT2D eigenvalue weighted by Gasteiger charge is -2.37. The van der Waals surface area contributed by atoms with E-state index in [2.05, 4.69) is 10.5 Å². The molecule has 0 unspecified atom stereocenters. The van der Waals surface area contributed by atoms with Crippen molar-refractivity contribution < 1.29 is 19.2 Å². The Morgan fingerprint density at radius 2 is 2.29 bits per heavy atom. The van der Waals surface area contributed by atoms with Crippen LogP contribution >= 0.6 is 0 Å². The van der Waals surface area contributed by atoms with Gasteiger partial charge in [-0.3, -0.25) is 9.59 Å². The maximum Gasteiger partial charge on any atom is 0.311 e. The largest absolute Gasteiger partial charge is 0.481 e. The first-order valence-electron chi connectivity index (χ1n) is 5.48. The first kappa shape index (κ1) is 11.6. The fourth-order valence-electron chi connectivity index (χ4n) is 1.88. The monoisotopic (exact) mass is 238 g/mol. The molecule has 6 nitrogen and oxygen atoms in total. The fraction of sp³-hybridized carbons (Fsp3) is 0.545. The van der Waals surface area contributed by atoms with Crippen LogP contribution in [0, 0.1) is 12.3 Å². The van der Waals surface area contributed by atoms with Crippen LogP contribution in [-0.4, -0.2) is 28.7 Å². The van der Waals surface area contributed by atoms with E-state index < -0.39 is 17.3 Å². The highest BCUT2D eigenvalue weighted by Gasteiger charge is 2.44. The van der Waals surface area contributed by atoms with Crippen LogP contribution in [0.5, 0.6) is 0 Å². The summed E-state index contributed by atoms with van der Waals surface area (Å²) in [5.74, 6) is -1.15. The van der Waals surface area contributed by atoms with Crippen LogP contribution in [0.2, 0.25) is 0 Å². The number of hydrogen-bond acceptors (Lipinski definition) is 4. The van der Waals surface area contributed by atoms with Crippen molar-refractivity contribution in [1.29, 1.82) is 0 Å². The number of rotatable bonds is 4. The van der Waals surface area contributed by atoms with E-state index in [1.165, 1.54) is 6.07 Å². The smallest absolute Gasteiger partial charge is 0.311 e. The summed E-state index contributed by atoms with van der Waals surface area (Å²) in [6.07, 6.45) is 2.11. The average molecular weight is 238 g/mol. The van der Waals surface area contributed by atoms with Gasteiger partial charge in [0.25, 0.3) is 5.91 Å². The maximum atomic E-state index is 11.6. The number of carboxylic acid groups (broad SMARTS) is 1. The predicted molar refractivity (Wildman–Crippen MR) is 57.5 cm³/mol. The van der Waals surface area contributed by atoms with Gasteiger partial charge in [-0.25, -0.2) is 0 Å². The number of aryl methyl sites for hydroxylation is 1. The van der Waals surface area contributed by atoms with Crippen molar-refractivity contribution in [3.8, 4) is 0 Å². The molecule has 0 spiro atoms. The van der Waals surface area contributed by atoms with Gasteiger partial charge in [0, 0.05) is 12.6 Å². The van der Waals surface area contributed by atoms with Crippen molar-refractivity contribution in [2.24, 2.45) is 5.41 Å². The van der Waals surface area contributed by atoms with Crippen molar-refractivity contribution in [3.63, 3.8) is 0 Å². The van der Waals surface area contributed by atoms with Crippen molar-refractivity contribution >= 4 is 11.9 Å². The van der Waals surface area contributed by atoms with Crippen LogP contribution in [0.15, 0.2) is 10.6 Å². The van der Waals surface area contributed by atoms with Crippen LogP contribution in [0.4, 0.5) is 0 Å². The summed E-state index contributed by atoms with van der Waals surface area (Å²) in [7, 11) is 0. The van der Waals surface area contributed by atoms with Gasteiger partial charge >= 0.3 is 5.97 Å². The Bertz CT molecular complexity index is 448. The molecule has 2 rings (SSSR count). The highest BCUT2D eigenvalue weighted by molar-refractivity contribution is 5.91. The molecule has 2 N–H and O–H groups in total. The number of carbonyl (C=O) groups excluding carboxylic acids is 1. The van der Waals surface area contributed by atoms with Crippen LogP contribution < -0.4 is 5.32 Å². The molecule has 1 amide bonds. The SMILES string of the molecule is Cc1cc(C(=O)NCC2(C(=O)O)CCC2)on1. The molecule has 92 valence electrons. The third-order valence-corrected chi connectivity index (χ3v) is 3.20. The molecule has 17 heavy (non-hydrogen) atoms. The lowest BCUT2D eigenvalue weighted by atomic mass is 9.69. The van der Waals surface area contributed by atoms with Gasteiger partial charge in [0.2, 0.25) is 5.76 Å². The Balaban J connectivity index is 1.94. The van der Waals surface area contributed by atoms with Crippen molar-refractivity contribution in [2.45, 2.75) is 26.2 Å². The number of aromatic nitrogens is 1. The summed E-state index contributed by atoms with van der Waals surface area (Å²) in [6.45, 7) is 1.85. The van der Waals surface area contributed by atoms with Gasteiger partial charge in [-0.1, -0.05) is 11.6 Å². The molecule has 1 aliphatic carbocycles. The lowest BCUT2D eigenvalue weighted by molar-refractivity contribution is -0.153. The van der Waals surface area contributed by atoms with E-state index in [9.17, 15) is 9.59 Å². The molecule has 6 heteroatoms. The Morgan fingerprint density at radius 3 is 2.71 bits per heavy atom. The summed E-state index contributed by atoms with van der Waals surface area (Å²) in [5.41, 5.74) is -0.170. The summed E-state index contributed by atoms with van der Waals surface area (Å²) in [4.78, 5) is 22.7. The van der Waals surface area contributed by atoms with Crippen LogP contribution in [0.3, 0.4) is 0 Å². The number of carboxylic acids is 1. The number of carbonyl (C=O) groups is 2. The Labute approximate surface area is 98.0 Å². The zero-order valence-electron chi connectivity index (χ0n) is 9.52. The third kappa shape index (κ3) is 2.15. The first-order chi connectivity index (χ1) is 8.03. The zero-order chi connectivity index (χ0) is 12.5. The minimum Gasteiger partial charge on any atom is -0.481 e. The van der Waals surface area contributed by atoms with Crippen molar-refractivity contribution in [2.75, 3.05) is 6.54 Å². The van der Waals surface area contributed by atoms with Crippen LogP contribution in [0.1, 0.15) is 35.5 Å². The summed E-state index contributed by atoms with van der Waals surface area (Å²) in [5, 5.41) is 15.3. The summed E-state index contributed by atoms with van der Waals surface area (Å²) < 4.78 is 4.79. The van der Waals surface area contributed by atoms with Gasteiger partial charge in [0.1, 0.15) is 0 Å². The quantitative estimate of drug-likeness (QED) is 0.815. The Kier molecular flexibility index (Phi) is 2.87. The van der Waals surface area contributed by atoms with E-state index in [4.69, 9.17) is 9.63 Å². The molecule has 0 atom stereocenters. The van der Waals surface area contributed by atoms with E-state index in [1.54, 1.807) is 6.92 Å². The number of amides is 1. The minimum absolute atomic E-state index is 0.113. The third-order valence-electron chi connectivity index (χ3n) is 3.20. The fourth-order valence-corrected chi connectivity index (χ4v) is 1.88. The molecular weight excluding hydrogens is 224 g/mol. The van der Waals surface area contributed by atoms with Gasteiger partial charge in [-0.05, 0) is 19.8 Å². The topological polar surface area (TPSA) is 92.4 Å². The molecule has 0 bridgehead atoms. The van der Waals surface area contributed by atoms with Crippen molar-refractivity contribution in [1.82, 2.24) is 10.5 Å². The van der Waals surface area contributed by atoms with Crippen LogP contribution in [-0.2, 0) is 4.79 Å². The molecule has 1 heterocycles. The highest BCUT2D eigenvalue weighted by atomic mass is 16.5. The van der Waals surface area contributed by atoms with E-state index >= 15 is 0 Å². The van der Waals surface area contributed by atoms with Crippen molar-refractivity contribution in [3.05, 3.63) is 17.5 Å². The number of nitrogens with zero attached hydrogens (tertiary/aromatic N) is 1. The van der Waals surface area contributed by atoms with E-state index in [-0.39, 0.29) is 12.3 Å². The molecule has 1 aromatic heterocycles. The first-order valence-corrected chi connectivity index (χ1v) is 5.48. The molecule has 1 aliphatic rings. The maximum absolute atomic E-state index is 11.6. The Hall–Kier alpha value is -1.85. The second kappa shape index (κ2) is 4.20. The standard InChI is InChI=1S/C11H14N2O4/c1-7-5-8(17-13-7)9(14)12-6-11(10(15)16)3-2-4-11/h5H,2-4,6H2,1H3,(H,12,14)(H,15,16). The molecule has 1 fully saturated rings. The normalized spacial score (nSPS) is 17.2. The van der Waals surface area contributed by atoms with Gasteiger partial charge < -0.3 is 14.9 Å². The highest BCUT2D eigenvalue weighted by Crippen LogP contribution is 2.40. The van der Waals surface area contributed by atoms with Gasteiger partial charge in [-0.2, -0.15) is 0 Å². The summed E-state index contributed by atoms with van der Waals surface area (Å²) in [6, 6.07) is 1.52. The predicted octanol–water partition coefficient (Wildman–Crippen LogP) is 0.968. The molecule has 0 radical (unpaired) electrons. The average Bonchev–Trinajstić information content (AvgIpc) is 2.62. The molecule has 0 aliphatic heterocycles. The molecular formula is C11H14N2O4. The number of aliphatic carboxylic acids is 1. The molecule has 0 saturated heterocycles. The molecule has 1 saturated carbocycles. The number of nitrogens with one attached hydrogen (secondary N) is 1. The van der Waals surface area contributed by atoms with Gasteiger partial charge in [-0.15, -0.1) is 0 Å². The van der Waals surface area contributed by atoms with Crippen LogP contribution in [0.25, 0.3) is 0 Å². The minimum atomic E-state index is -0.849. The number of hydrogen-bond donors (Lipinski definition) is 2.